The first-order valence-electron chi connectivity index (χ1n) is 6.83. The van der Waals surface area contributed by atoms with E-state index in [1.54, 1.807) is 0 Å². The fourth-order valence-electron chi connectivity index (χ4n) is 2.27. The number of rotatable bonds is 4. The predicted molar refractivity (Wildman–Crippen MR) is 77.1 cm³/mol. The van der Waals surface area contributed by atoms with Crippen LogP contribution in [0.15, 0.2) is 6.33 Å². The highest BCUT2D eigenvalue weighted by atomic mass is 32.2. The summed E-state index contributed by atoms with van der Waals surface area (Å²) in [7, 11) is -3.63. The highest BCUT2D eigenvalue weighted by Crippen LogP contribution is 2.26. The topological polar surface area (TPSA) is 103 Å². The van der Waals surface area contributed by atoms with Crippen LogP contribution < -0.4 is 0 Å². The molecule has 0 aliphatic carbocycles. The number of carboxylic acids is 1. The number of sulfonamides is 1. The van der Waals surface area contributed by atoms with Gasteiger partial charge in [-0.05, 0) is 11.8 Å². The molecule has 1 atom stereocenters. The lowest BCUT2D eigenvalue weighted by molar-refractivity contribution is -0.141. The molecule has 1 aliphatic heterocycles. The molecule has 21 heavy (non-hydrogen) atoms. The van der Waals surface area contributed by atoms with Crippen LogP contribution in [0.4, 0.5) is 0 Å². The van der Waals surface area contributed by atoms with Gasteiger partial charge in [0.15, 0.2) is 0 Å². The van der Waals surface area contributed by atoms with E-state index in [2.05, 4.69) is 9.97 Å². The van der Waals surface area contributed by atoms with Crippen molar-refractivity contribution in [2.24, 2.45) is 5.41 Å². The Labute approximate surface area is 124 Å². The molecule has 2 N–H and O–H groups in total. The number of hydrogen-bond acceptors (Lipinski definition) is 4. The largest absolute Gasteiger partial charge is 0.480 e. The zero-order valence-electron chi connectivity index (χ0n) is 12.5. The molecule has 0 spiro atoms. The Balaban J connectivity index is 2.25. The van der Waals surface area contributed by atoms with Gasteiger partial charge in [-0.1, -0.05) is 20.8 Å². The number of nitrogens with one attached hydrogen (secondary N) is 1. The van der Waals surface area contributed by atoms with E-state index in [-0.39, 0.29) is 24.1 Å². The first-order chi connectivity index (χ1) is 9.60. The maximum Gasteiger partial charge on any atom is 0.322 e. The minimum Gasteiger partial charge on any atom is -0.480 e. The van der Waals surface area contributed by atoms with Gasteiger partial charge in [-0.15, -0.1) is 0 Å². The molecule has 2 rings (SSSR count). The Morgan fingerprint density at radius 2 is 2.19 bits per heavy atom. The van der Waals surface area contributed by atoms with E-state index in [1.807, 2.05) is 20.8 Å². The first-order valence-corrected chi connectivity index (χ1v) is 8.44. The standard InChI is InChI=1S/C13H21N3O4S/c1-13(2,3)4-5-21(19,20)16-7-10-9(14-8-15-10)6-11(16)12(17)18/h8,11H,4-7H2,1-3H3,(H,14,15)(H,17,18). The van der Waals surface area contributed by atoms with Gasteiger partial charge in [0.2, 0.25) is 10.0 Å². The van der Waals surface area contributed by atoms with Crippen LogP contribution in [0.1, 0.15) is 38.6 Å². The van der Waals surface area contributed by atoms with Crippen LogP contribution in [0.2, 0.25) is 0 Å². The van der Waals surface area contributed by atoms with Crippen LogP contribution in [-0.2, 0) is 27.8 Å². The lowest BCUT2D eigenvalue weighted by Crippen LogP contribution is -2.49. The number of carboxylic acid groups (broad SMARTS) is 1. The van der Waals surface area contributed by atoms with Crippen molar-refractivity contribution in [2.45, 2.75) is 46.2 Å². The molecule has 2 heterocycles. The van der Waals surface area contributed by atoms with Gasteiger partial charge < -0.3 is 10.1 Å². The second-order valence-electron chi connectivity index (χ2n) is 6.56. The van der Waals surface area contributed by atoms with Crippen molar-refractivity contribution in [1.29, 1.82) is 0 Å². The molecule has 0 fully saturated rings. The third-order valence-electron chi connectivity index (χ3n) is 3.61. The average molecular weight is 315 g/mol. The highest BCUT2D eigenvalue weighted by molar-refractivity contribution is 7.89. The van der Waals surface area contributed by atoms with Crippen molar-refractivity contribution >= 4 is 16.0 Å². The first kappa shape index (κ1) is 16.0. The number of aromatic amines is 1. The number of carbonyl (C=O) groups is 1. The third-order valence-corrected chi connectivity index (χ3v) is 5.43. The molecule has 0 saturated heterocycles. The minimum atomic E-state index is -3.63. The Morgan fingerprint density at radius 3 is 2.76 bits per heavy atom. The summed E-state index contributed by atoms with van der Waals surface area (Å²) in [5, 5.41) is 9.32. The number of nitrogens with zero attached hydrogens (tertiary/aromatic N) is 2. The van der Waals surface area contributed by atoms with Gasteiger partial charge in [0.25, 0.3) is 0 Å². The summed E-state index contributed by atoms with van der Waals surface area (Å²) in [6, 6.07) is -1.08. The molecule has 1 aromatic heterocycles. The summed E-state index contributed by atoms with van der Waals surface area (Å²) >= 11 is 0. The Morgan fingerprint density at radius 1 is 1.52 bits per heavy atom. The smallest absolute Gasteiger partial charge is 0.322 e. The van der Waals surface area contributed by atoms with Gasteiger partial charge in [0.05, 0.1) is 30.0 Å². The number of aromatic nitrogens is 2. The minimum absolute atomic E-state index is 0.0405. The summed E-state index contributed by atoms with van der Waals surface area (Å²) in [6.45, 7) is 5.92. The second-order valence-corrected chi connectivity index (χ2v) is 8.60. The maximum atomic E-state index is 12.5. The van der Waals surface area contributed by atoms with E-state index >= 15 is 0 Å². The van der Waals surface area contributed by atoms with E-state index in [9.17, 15) is 18.3 Å². The summed E-state index contributed by atoms with van der Waals surface area (Å²) in [6.07, 6.45) is 2.05. The molecule has 0 radical (unpaired) electrons. The van der Waals surface area contributed by atoms with Crippen LogP contribution in [0, 0.1) is 5.41 Å². The van der Waals surface area contributed by atoms with Gasteiger partial charge in [0, 0.05) is 6.42 Å². The second kappa shape index (κ2) is 5.42. The third kappa shape index (κ3) is 3.62. The van der Waals surface area contributed by atoms with Crippen LogP contribution in [-0.4, -0.2) is 45.6 Å². The lowest BCUT2D eigenvalue weighted by atomic mass is 9.94. The monoisotopic (exact) mass is 315 g/mol. The molecule has 0 amide bonds. The van der Waals surface area contributed by atoms with E-state index in [0.717, 1.165) is 4.31 Å². The molecular weight excluding hydrogens is 294 g/mol. The molecule has 0 aromatic carbocycles. The number of H-pyrrole nitrogens is 1. The zero-order chi connectivity index (χ0) is 15.8. The number of imidazole rings is 1. The molecule has 1 aliphatic rings. The summed E-state index contributed by atoms with van der Waals surface area (Å²) in [5.74, 6) is -1.19. The fraction of sp³-hybridized carbons (Fsp3) is 0.692. The van der Waals surface area contributed by atoms with Crippen molar-refractivity contribution in [3.63, 3.8) is 0 Å². The van der Waals surface area contributed by atoms with E-state index in [4.69, 9.17) is 0 Å². The molecule has 0 saturated carbocycles. The van der Waals surface area contributed by atoms with E-state index in [0.29, 0.717) is 17.8 Å². The van der Waals surface area contributed by atoms with Crippen molar-refractivity contribution in [3.05, 3.63) is 17.7 Å². The quantitative estimate of drug-likeness (QED) is 0.862. The van der Waals surface area contributed by atoms with Crippen molar-refractivity contribution < 1.29 is 18.3 Å². The van der Waals surface area contributed by atoms with Crippen molar-refractivity contribution in [3.8, 4) is 0 Å². The van der Waals surface area contributed by atoms with Crippen molar-refractivity contribution in [2.75, 3.05) is 5.75 Å². The Kier molecular flexibility index (Phi) is 4.12. The Hall–Kier alpha value is -1.41. The van der Waals surface area contributed by atoms with E-state index < -0.39 is 22.0 Å². The number of aliphatic carboxylic acids is 1. The van der Waals surface area contributed by atoms with Crippen LogP contribution in [0.25, 0.3) is 0 Å². The Bertz CT molecular complexity index is 630. The summed E-state index contributed by atoms with van der Waals surface area (Å²) < 4.78 is 26.1. The number of fused-ring (bicyclic) bond motifs is 1. The summed E-state index contributed by atoms with van der Waals surface area (Å²) in [4.78, 5) is 18.3. The molecule has 118 valence electrons. The van der Waals surface area contributed by atoms with Crippen molar-refractivity contribution in [1.82, 2.24) is 14.3 Å². The average Bonchev–Trinajstić information content (AvgIpc) is 2.81. The zero-order valence-corrected chi connectivity index (χ0v) is 13.3. The maximum absolute atomic E-state index is 12.5. The predicted octanol–water partition coefficient (Wildman–Crippen LogP) is 0.987. The van der Waals surface area contributed by atoms with Gasteiger partial charge in [-0.2, -0.15) is 4.31 Å². The lowest BCUT2D eigenvalue weighted by Gasteiger charge is -2.32. The molecule has 0 bridgehead atoms. The molecule has 8 heteroatoms. The van der Waals surface area contributed by atoms with Crippen LogP contribution >= 0.6 is 0 Å². The number of hydrogen-bond donors (Lipinski definition) is 2. The fourth-order valence-corrected chi connectivity index (χ4v) is 4.25. The van der Waals surface area contributed by atoms with Gasteiger partial charge in [0.1, 0.15) is 6.04 Å². The molecule has 7 nitrogen and oxygen atoms in total. The van der Waals surface area contributed by atoms with E-state index in [1.165, 1.54) is 6.33 Å². The van der Waals surface area contributed by atoms with Crippen LogP contribution in [0.3, 0.4) is 0 Å². The SMILES string of the molecule is CC(C)(C)CCS(=O)(=O)N1Cc2[nH]cnc2CC1C(=O)O. The highest BCUT2D eigenvalue weighted by Gasteiger charge is 2.40. The van der Waals surface area contributed by atoms with Gasteiger partial charge in [-0.3, -0.25) is 4.79 Å². The molecular formula is C13H21N3O4S. The van der Waals surface area contributed by atoms with Crippen LogP contribution in [0.5, 0.6) is 0 Å². The van der Waals surface area contributed by atoms with Gasteiger partial charge >= 0.3 is 5.97 Å². The van der Waals surface area contributed by atoms with Gasteiger partial charge in [-0.25, -0.2) is 13.4 Å². The summed E-state index contributed by atoms with van der Waals surface area (Å²) in [5.41, 5.74) is 1.18. The molecule has 1 unspecified atom stereocenters. The molecule has 1 aromatic rings. The normalized spacial score (nSPS) is 20.2.